The van der Waals surface area contributed by atoms with E-state index in [2.05, 4.69) is 21.7 Å². The Kier molecular flexibility index (Phi) is 6.13. The van der Waals surface area contributed by atoms with Gasteiger partial charge in [0.25, 0.3) is 0 Å². The van der Waals surface area contributed by atoms with Gasteiger partial charge in [0.15, 0.2) is 5.96 Å². The molecule has 0 aliphatic heterocycles. The molecule has 2 aromatic rings. The predicted molar refractivity (Wildman–Crippen MR) is 89.5 cm³/mol. The molecule has 0 atom stereocenters. The van der Waals surface area contributed by atoms with Crippen LogP contribution in [0.25, 0.3) is 0 Å². The summed E-state index contributed by atoms with van der Waals surface area (Å²) in [7, 11) is 1.70. The largest absolute Gasteiger partial charge is 0.356 e. The van der Waals surface area contributed by atoms with Crippen LogP contribution in [0.3, 0.4) is 0 Å². The molecule has 0 spiro atoms. The molecule has 23 heavy (non-hydrogen) atoms. The molecular weight excluding hydrogens is 291 g/mol. The van der Waals surface area contributed by atoms with Crippen molar-refractivity contribution < 1.29 is 4.39 Å². The number of benzene rings is 2. The summed E-state index contributed by atoms with van der Waals surface area (Å²) in [5.41, 5.74) is 2.66. The maximum atomic E-state index is 13.1. The fourth-order valence-electron chi connectivity index (χ4n) is 2.12. The highest BCUT2D eigenvalue weighted by Gasteiger charge is 2.00. The molecule has 0 radical (unpaired) electrons. The number of aliphatic imine (C=N–C) groups is 1. The second-order valence-electron chi connectivity index (χ2n) is 5.04. The molecule has 5 heteroatoms. The van der Waals surface area contributed by atoms with Crippen LogP contribution in [0.1, 0.15) is 16.7 Å². The molecule has 0 saturated carbocycles. The van der Waals surface area contributed by atoms with Gasteiger partial charge < -0.3 is 10.6 Å². The number of rotatable bonds is 5. The van der Waals surface area contributed by atoms with Crippen LogP contribution in [0.5, 0.6) is 0 Å². The molecule has 118 valence electrons. The third-order valence-electron chi connectivity index (χ3n) is 3.36. The van der Waals surface area contributed by atoms with Crippen LogP contribution in [0, 0.1) is 17.1 Å². The van der Waals surface area contributed by atoms with Crippen molar-refractivity contribution >= 4 is 5.96 Å². The predicted octanol–water partition coefficient (Wildman–Crippen LogP) is 2.61. The molecule has 0 bridgehead atoms. The van der Waals surface area contributed by atoms with Crippen LogP contribution in [-0.4, -0.2) is 19.6 Å². The van der Waals surface area contributed by atoms with Crippen molar-refractivity contribution in [2.75, 3.05) is 13.6 Å². The van der Waals surface area contributed by atoms with Crippen molar-refractivity contribution in [1.29, 1.82) is 5.26 Å². The highest BCUT2D eigenvalue weighted by molar-refractivity contribution is 5.79. The molecule has 0 heterocycles. The molecule has 0 aromatic heterocycles. The Morgan fingerprint density at radius 3 is 2.57 bits per heavy atom. The molecular formula is C18H19FN4. The lowest BCUT2D eigenvalue weighted by atomic mass is 10.1. The summed E-state index contributed by atoms with van der Waals surface area (Å²) >= 11 is 0. The van der Waals surface area contributed by atoms with E-state index in [-0.39, 0.29) is 5.82 Å². The van der Waals surface area contributed by atoms with Crippen LogP contribution in [-0.2, 0) is 13.0 Å². The molecule has 0 unspecified atom stereocenters. The first-order chi connectivity index (χ1) is 11.2. The fraction of sp³-hybridized carbons (Fsp3) is 0.222. The highest BCUT2D eigenvalue weighted by Crippen LogP contribution is 2.04. The Balaban J connectivity index is 1.78. The van der Waals surface area contributed by atoms with Gasteiger partial charge in [-0.2, -0.15) is 5.26 Å². The first kappa shape index (κ1) is 16.5. The third kappa shape index (κ3) is 5.44. The minimum Gasteiger partial charge on any atom is -0.356 e. The molecule has 0 aliphatic rings. The van der Waals surface area contributed by atoms with Gasteiger partial charge in [0.2, 0.25) is 0 Å². The lowest BCUT2D eigenvalue weighted by Crippen LogP contribution is -2.37. The zero-order valence-electron chi connectivity index (χ0n) is 13.0. The summed E-state index contributed by atoms with van der Waals surface area (Å²) in [5.74, 6) is 0.469. The van der Waals surface area contributed by atoms with Crippen LogP contribution in [0.15, 0.2) is 53.5 Å². The van der Waals surface area contributed by atoms with Crippen molar-refractivity contribution in [2.24, 2.45) is 4.99 Å². The number of hydrogen-bond donors (Lipinski definition) is 2. The number of guanidine groups is 1. The molecule has 2 rings (SSSR count). The maximum absolute atomic E-state index is 13.1. The van der Waals surface area contributed by atoms with Crippen LogP contribution in [0.2, 0.25) is 0 Å². The van der Waals surface area contributed by atoms with E-state index in [9.17, 15) is 4.39 Å². The van der Waals surface area contributed by atoms with Crippen LogP contribution in [0.4, 0.5) is 4.39 Å². The molecule has 4 nitrogen and oxygen atoms in total. The van der Waals surface area contributed by atoms with E-state index in [1.54, 1.807) is 25.2 Å². The topological polar surface area (TPSA) is 60.2 Å². The Hall–Kier alpha value is -2.87. The minimum atomic E-state index is -0.217. The molecule has 2 aromatic carbocycles. The van der Waals surface area contributed by atoms with Gasteiger partial charge >= 0.3 is 0 Å². The molecule has 2 N–H and O–H groups in total. The third-order valence-corrected chi connectivity index (χ3v) is 3.36. The van der Waals surface area contributed by atoms with Gasteiger partial charge in [0, 0.05) is 20.1 Å². The Morgan fingerprint density at radius 1 is 1.13 bits per heavy atom. The summed E-state index contributed by atoms with van der Waals surface area (Å²) in [5, 5.41) is 15.2. The minimum absolute atomic E-state index is 0.217. The highest BCUT2D eigenvalue weighted by atomic mass is 19.1. The monoisotopic (exact) mass is 310 g/mol. The Bertz CT molecular complexity index is 702. The van der Waals surface area contributed by atoms with E-state index in [1.165, 1.54) is 12.1 Å². The second kappa shape index (κ2) is 8.54. The van der Waals surface area contributed by atoms with E-state index in [1.807, 2.05) is 18.2 Å². The Morgan fingerprint density at radius 2 is 1.91 bits per heavy atom. The van der Waals surface area contributed by atoms with Gasteiger partial charge in [-0.15, -0.1) is 0 Å². The number of hydrogen-bond acceptors (Lipinski definition) is 2. The fourth-order valence-corrected chi connectivity index (χ4v) is 2.12. The van der Waals surface area contributed by atoms with Crippen LogP contribution >= 0.6 is 0 Å². The van der Waals surface area contributed by atoms with E-state index >= 15 is 0 Å². The van der Waals surface area contributed by atoms with E-state index in [0.29, 0.717) is 24.6 Å². The summed E-state index contributed by atoms with van der Waals surface area (Å²) in [6.07, 6.45) is 0.718. The molecule has 0 aliphatic carbocycles. The zero-order chi connectivity index (χ0) is 16.5. The molecule has 0 amide bonds. The zero-order valence-corrected chi connectivity index (χ0v) is 13.0. The van der Waals surface area contributed by atoms with Crippen molar-refractivity contribution in [3.8, 4) is 6.07 Å². The SMILES string of the molecule is CN=C(NCCc1cccc(F)c1)NCc1ccc(C#N)cc1. The number of halogens is 1. The van der Waals surface area contributed by atoms with Gasteiger partial charge in [0.1, 0.15) is 5.82 Å². The van der Waals surface area contributed by atoms with Gasteiger partial charge in [-0.1, -0.05) is 24.3 Å². The standard InChI is InChI=1S/C18H19FN4/c1-21-18(22-10-9-14-3-2-4-17(19)11-14)23-13-16-7-5-15(12-20)6-8-16/h2-8,11H,9-10,13H2,1H3,(H2,21,22,23). The lowest BCUT2D eigenvalue weighted by Gasteiger charge is -2.12. The summed E-state index contributed by atoms with van der Waals surface area (Å²) in [6, 6.07) is 16.1. The Labute approximate surface area is 135 Å². The second-order valence-corrected chi connectivity index (χ2v) is 5.04. The first-order valence-electron chi connectivity index (χ1n) is 7.39. The average molecular weight is 310 g/mol. The number of nitrogens with zero attached hydrogens (tertiary/aromatic N) is 2. The number of nitriles is 1. The van der Waals surface area contributed by atoms with Gasteiger partial charge in [-0.25, -0.2) is 4.39 Å². The summed E-state index contributed by atoms with van der Waals surface area (Å²) < 4.78 is 13.1. The van der Waals surface area contributed by atoms with Gasteiger partial charge in [0.05, 0.1) is 11.6 Å². The number of nitrogens with one attached hydrogen (secondary N) is 2. The lowest BCUT2D eigenvalue weighted by molar-refractivity contribution is 0.625. The van der Waals surface area contributed by atoms with Crippen LogP contribution < -0.4 is 10.6 Å². The maximum Gasteiger partial charge on any atom is 0.191 e. The van der Waals surface area contributed by atoms with Crippen molar-refractivity contribution in [3.05, 3.63) is 71.0 Å². The average Bonchev–Trinajstić information content (AvgIpc) is 2.58. The van der Waals surface area contributed by atoms with E-state index in [4.69, 9.17) is 5.26 Å². The van der Waals surface area contributed by atoms with Crippen molar-refractivity contribution in [2.45, 2.75) is 13.0 Å². The molecule has 0 saturated heterocycles. The summed E-state index contributed by atoms with van der Waals surface area (Å²) in [6.45, 7) is 1.28. The molecule has 0 fully saturated rings. The van der Waals surface area contributed by atoms with E-state index in [0.717, 1.165) is 17.5 Å². The summed E-state index contributed by atoms with van der Waals surface area (Å²) in [4.78, 5) is 4.15. The first-order valence-corrected chi connectivity index (χ1v) is 7.39. The van der Waals surface area contributed by atoms with Gasteiger partial charge in [-0.05, 0) is 41.8 Å². The van der Waals surface area contributed by atoms with Crippen molar-refractivity contribution in [1.82, 2.24) is 10.6 Å². The van der Waals surface area contributed by atoms with Crippen molar-refractivity contribution in [3.63, 3.8) is 0 Å². The smallest absolute Gasteiger partial charge is 0.191 e. The van der Waals surface area contributed by atoms with Gasteiger partial charge in [-0.3, -0.25) is 4.99 Å². The quantitative estimate of drug-likeness (QED) is 0.659. The van der Waals surface area contributed by atoms with E-state index < -0.39 is 0 Å². The normalized spacial score (nSPS) is 10.9.